The predicted molar refractivity (Wildman–Crippen MR) is 133 cm³/mol. The van der Waals surface area contributed by atoms with E-state index >= 15 is 0 Å². The van der Waals surface area contributed by atoms with Crippen molar-refractivity contribution in [3.05, 3.63) is 59.7 Å². The lowest BCUT2D eigenvalue weighted by atomic mass is 9.81. The van der Waals surface area contributed by atoms with Gasteiger partial charge in [-0.1, -0.05) is 68.8 Å². The molecule has 4 rings (SSSR count). The maximum absolute atomic E-state index is 12.9. The fourth-order valence-electron chi connectivity index (χ4n) is 5.36. The molecule has 2 aromatic carbocycles. The van der Waals surface area contributed by atoms with Crippen LogP contribution in [0.2, 0.25) is 0 Å². The summed E-state index contributed by atoms with van der Waals surface area (Å²) in [6, 6.07) is 15.5. The Morgan fingerprint density at radius 1 is 1.00 bits per heavy atom. The zero-order chi connectivity index (χ0) is 24.9. The summed E-state index contributed by atoms with van der Waals surface area (Å²) in [5, 5.41) is 14.9. The second-order valence-corrected chi connectivity index (χ2v) is 10.0. The number of amides is 2. The van der Waals surface area contributed by atoms with Crippen LogP contribution in [0, 0.1) is 17.8 Å². The average Bonchev–Trinajstić information content (AvgIpc) is 3.18. The molecule has 3 N–H and O–H groups in total. The molecular formula is C28H34N2O5. The smallest absolute Gasteiger partial charge is 0.407 e. The van der Waals surface area contributed by atoms with Gasteiger partial charge < -0.3 is 20.5 Å². The number of hydrogen-bond acceptors (Lipinski definition) is 4. The summed E-state index contributed by atoms with van der Waals surface area (Å²) in [5.74, 6) is -1.42. The van der Waals surface area contributed by atoms with Crippen LogP contribution in [0.25, 0.3) is 11.1 Å². The van der Waals surface area contributed by atoms with E-state index in [0.717, 1.165) is 35.1 Å². The molecule has 7 nitrogen and oxygen atoms in total. The Morgan fingerprint density at radius 3 is 2.23 bits per heavy atom. The molecule has 7 heteroatoms. The number of rotatable bonds is 8. The quantitative estimate of drug-likeness (QED) is 0.516. The van der Waals surface area contributed by atoms with E-state index in [0.29, 0.717) is 19.4 Å². The minimum absolute atomic E-state index is 0.0482. The van der Waals surface area contributed by atoms with Gasteiger partial charge in [0.05, 0.1) is 5.92 Å². The van der Waals surface area contributed by atoms with Crippen LogP contribution in [0.4, 0.5) is 4.79 Å². The van der Waals surface area contributed by atoms with Gasteiger partial charge in [0.2, 0.25) is 5.91 Å². The number of alkyl carbamates (subject to hydrolysis) is 1. The molecule has 2 aliphatic carbocycles. The Kier molecular flexibility index (Phi) is 7.73. The monoisotopic (exact) mass is 478 g/mol. The van der Waals surface area contributed by atoms with Gasteiger partial charge in [0.25, 0.3) is 0 Å². The maximum atomic E-state index is 12.9. The number of carbonyl (C=O) groups excluding carboxylic acids is 2. The van der Waals surface area contributed by atoms with E-state index in [2.05, 4.69) is 34.9 Å². The zero-order valence-electron chi connectivity index (χ0n) is 20.3. The molecule has 0 bridgehead atoms. The average molecular weight is 479 g/mol. The van der Waals surface area contributed by atoms with Gasteiger partial charge in [0.1, 0.15) is 12.6 Å². The number of nitrogens with one attached hydrogen (secondary N) is 2. The molecule has 2 aliphatic rings. The summed E-state index contributed by atoms with van der Waals surface area (Å²) >= 11 is 0. The maximum Gasteiger partial charge on any atom is 0.407 e. The number of carboxylic acid groups (broad SMARTS) is 1. The van der Waals surface area contributed by atoms with Crippen molar-refractivity contribution >= 4 is 18.0 Å². The summed E-state index contributed by atoms with van der Waals surface area (Å²) < 4.78 is 5.61. The van der Waals surface area contributed by atoms with Crippen LogP contribution in [-0.4, -0.2) is 42.3 Å². The van der Waals surface area contributed by atoms with Gasteiger partial charge in [-0.15, -0.1) is 0 Å². The molecule has 1 saturated carbocycles. The van der Waals surface area contributed by atoms with Crippen LogP contribution in [0.3, 0.4) is 0 Å². The van der Waals surface area contributed by atoms with E-state index in [1.54, 1.807) is 0 Å². The summed E-state index contributed by atoms with van der Waals surface area (Å²) in [6.07, 6.45) is 2.39. The molecule has 35 heavy (non-hydrogen) atoms. The minimum atomic E-state index is -0.766. The van der Waals surface area contributed by atoms with E-state index < -0.39 is 18.1 Å². The highest BCUT2D eigenvalue weighted by atomic mass is 16.5. The third kappa shape index (κ3) is 5.66. The largest absolute Gasteiger partial charge is 0.481 e. The van der Waals surface area contributed by atoms with Crippen molar-refractivity contribution in [2.45, 2.75) is 51.5 Å². The standard InChI is InChI=1S/C28H34N2O5/c1-17(2)25(26(31)29-15-18-8-7-9-19(14-18)27(32)33)30-28(34)35-16-24-22-12-5-3-10-20(22)21-11-4-6-13-23(21)24/h3-6,10-13,17-19,24-25H,7-9,14-16H2,1-2H3,(H,29,31)(H,30,34)(H,32,33). The van der Waals surface area contributed by atoms with Crippen molar-refractivity contribution in [3.63, 3.8) is 0 Å². The van der Waals surface area contributed by atoms with E-state index in [-0.39, 0.29) is 36.2 Å². The van der Waals surface area contributed by atoms with Gasteiger partial charge in [-0.2, -0.15) is 0 Å². The zero-order valence-corrected chi connectivity index (χ0v) is 20.3. The van der Waals surface area contributed by atoms with Gasteiger partial charge in [-0.05, 0) is 53.4 Å². The minimum Gasteiger partial charge on any atom is -0.481 e. The fraction of sp³-hybridized carbons (Fsp3) is 0.464. The highest BCUT2D eigenvalue weighted by molar-refractivity contribution is 5.86. The summed E-state index contributed by atoms with van der Waals surface area (Å²) in [5.41, 5.74) is 4.58. The van der Waals surface area contributed by atoms with E-state index in [1.807, 2.05) is 38.1 Å². The first-order valence-corrected chi connectivity index (χ1v) is 12.5. The van der Waals surface area contributed by atoms with Gasteiger partial charge in [0.15, 0.2) is 0 Å². The lowest BCUT2D eigenvalue weighted by Gasteiger charge is -2.28. The fourth-order valence-corrected chi connectivity index (χ4v) is 5.36. The molecule has 3 atom stereocenters. The number of benzene rings is 2. The Hall–Kier alpha value is -3.35. The van der Waals surface area contributed by atoms with Crippen molar-refractivity contribution in [1.82, 2.24) is 10.6 Å². The molecule has 2 amide bonds. The number of ether oxygens (including phenoxy) is 1. The first-order chi connectivity index (χ1) is 16.8. The Balaban J connectivity index is 1.32. The van der Waals surface area contributed by atoms with Crippen molar-refractivity contribution < 1.29 is 24.2 Å². The van der Waals surface area contributed by atoms with Crippen LogP contribution < -0.4 is 10.6 Å². The Morgan fingerprint density at radius 2 is 1.63 bits per heavy atom. The molecular weight excluding hydrogens is 444 g/mol. The molecule has 0 aliphatic heterocycles. The van der Waals surface area contributed by atoms with Crippen molar-refractivity contribution in [2.24, 2.45) is 17.8 Å². The van der Waals surface area contributed by atoms with Gasteiger partial charge in [0, 0.05) is 12.5 Å². The van der Waals surface area contributed by atoms with Gasteiger partial charge >= 0.3 is 12.1 Å². The first kappa shape index (κ1) is 24.8. The Bertz CT molecular complexity index is 1040. The highest BCUT2D eigenvalue weighted by Crippen LogP contribution is 2.44. The van der Waals surface area contributed by atoms with Gasteiger partial charge in [-0.25, -0.2) is 4.79 Å². The highest BCUT2D eigenvalue weighted by Gasteiger charge is 2.31. The third-order valence-electron chi connectivity index (χ3n) is 7.26. The van der Waals surface area contributed by atoms with E-state index in [9.17, 15) is 19.5 Å². The molecule has 186 valence electrons. The number of hydrogen-bond donors (Lipinski definition) is 3. The molecule has 0 heterocycles. The van der Waals surface area contributed by atoms with Crippen LogP contribution in [-0.2, 0) is 14.3 Å². The molecule has 0 radical (unpaired) electrons. The first-order valence-electron chi connectivity index (χ1n) is 12.5. The van der Waals surface area contributed by atoms with Gasteiger partial charge in [-0.3, -0.25) is 9.59 Å². The summed E-state index contributed by atoms with van der Waals surface area (Å²) in [4.78, 5) is 36.9. The second kappa shape index (κ2) is 10.9. The molecule has 1 fully saturated rings. The number of carbonyl (C=O) groups is 3. The van der Waals surface area contributed by atoms with Crippen LogP contribution in [0.1, 0.15) is 56.6 Å². The number of fused-ring (bicyclic) bond motifs is 3. The SMILES string of the molecule is CC(C)C(NC(=O)OCC1c2ccccc2-c2ccccc21)C(=O)NCC1CCCC(C(=O)O)C1. The van der Waals surface area contributed by atoms with Crippen LogP contribution >= 0.6 is 0 Å². The lowest BCUT2D eigenvalue weighted by molar-refractivity contribution is -0.143. The topological polar surface area (TPSA) is 105 Å². The van der Waals surface area contributed by atoms with Crippen LogP contribution in [0.5, 0.6) is 0 Å². The van der Waals surface area contributed by atoms with Crippen molar-refractivity contribution in [1.29, 1.82) is 0 Å². The lowest BCUT2D eigenvalue weighted by Crippen LogP contribution is -2.51. The molecule has 0 saturated heterocycles. The van der Waals surface area contributed by atoms with Crippen LogP contribution in [0.15, 0.2) is 48.5 Å². The number of aliphatic carboxylic acids is 1. The summed E-state index contributed by atoms with van der Waals surface area (Å²) in [6.45, 7) is 4.34. The van der Waals surface area contributed by atoms with Crippen molar-refractivity contribution in [2.75, 3.05) is 13.2 Å². The molecule has 0 aromatic heterocycles. The molecule has 3 unspecified atom stereocenters. The number of carboxylic acids is 1. The molecule has 0 spiro atoms. The predicted octanol–water partition coefficient (Wildman–Crippen LogP) is 4.56. The van der Waals surface area contributed by atoms with Crippen molar-refractivity contribution in [3.8, 4) is 11.1 Å². The second-order valence-electron chi connectivity index (χ2n) is 10.0. The van der Waals surface area contributed by atoms with E-state index in [4.69, 9.17) is 4.74 Å². The summed E-state index contributed by atoms with van der Waals surface area (Å²) in [7, 11) is 0. The third-order valence-corrected chi connectivity index (χ3v) is 7.26. The molecule has 2 aromatic rings. The van der Waals surface area contributed by atoms with E-state index in [1.165, 1.54) is 0 Å². The normalized spacial score (nSPS) is 20.0. The Labute approximate surface area is 206 Å².